The van der Waals surface area contributed by atoms with Gasteiger partial charge >= 0.3 is 19.6 Å². The summed E-state index contributed by atoms with van der Waals surface area (Å²) < 4.78 is 33.7. The van der Waals surface area contributed by atoms with E-state index in [0.717, 1.165) is 14.2 Å². The number of primary amides is 1. The van der Waals surface area contributed by atoms with Crippen LogP contribution < -0.4 is 15.9 Å². The second kappa shape index (κ2) is 11.9. The molecule has 6 N–H and O–H groups in total. The van der Waals surface area contributed by atoms with E-state index in [4.69, 9.17) is 15.0 Å². The van der Waals surface area contributed by atoms with Gasteiger partial charge in [0.1, 0.15) is 30.4 Å². The van der Waals surface area contributed by atoms with E-state index in [2.05, 4.69) is 19.6 Å². The average molecular weight is 506 g/mol. The first-order valence-electron chi connectivity index (χ1n) is 10.3. The molecule has 0 spiro atoms. The second-order valence-electron chi connectivity index (χ2n) is 7.70. The van der Waals surface area contributed by atoms with Crippen LogP contribution in [0.15, 0.2) is 24.0 Å². The lowest BCUT2D eigenvalue weighted by atomic mass is 10.1. The van der Waals surface area contributed by atoms with Crippen LogP contribution >= 0.6 is 7.67 Å². The van der Waals surface area contributed by atoms with E-state index in [9.17, 15) is 29.2 Å². The third-order valence-electron chi connectivity index (χ3n) is 5.13. The molecule has 2 heterocycles. The van der Waals surface area contributed by atoms with Crippen LogP contribution in [0.1, 0.15) is 20.3 Å². The van der Waals surface area contributed by atoms with Gasteiger partial charge in [0.05, 0.1) is 20.8 Å². The number of aliphatic hydroxyl groups excluding tert-OH is 2. The highest BCUT2D eigenvalue weighted by Gasteiger charge is 2.46. The molecule has 2 rings (SSSR count). The van der Waals surface area contributed by atoms with Crippen LogP contribution in [0.4, 0.5) is 0 Å². The third-order valence-corrected chi connectivity index (χ3v) is 7.09. The second-order valence-corrected chi connectivity index (χ2v) is 9.57. The van der Waals surface area contributed by atoms with E-state index in [0.29, 0.717) is 6.42 Å². The Morgan fingerprint density at radius 2 is 1.74 bits per heavy atom. The summed E-state index contributed by atoms with van der Waals surface area (Å²) in [5.74, 6) is -2.12. The molecular weight excluding hydrogens is 475 g/mol. The number of hydrogen-bond acceptors (Lipinski definition) is 11. The number of amides is 1. The number of aliphatic hydroxyl groups is 2. The molecule has 1 fully saturated rings. The number of esters is 2. The number of nitrogens with two attached hydrogens (primary N) is 1. The molecule has 6 atom stereocenters. The average Bonchev–Trinajstić information content (AvgIpc) is 3.10. The SMILES string of the molecule is COC(=O)[C@H](C)NP(=O)(N[C@@H](C)C(=O)OC)OC[C@H]1O[C@@H](N2C=CCC(C(N)=O)=C2)[C@H](O)[C@@H]1O. The van der Waals surface area contributed by atoms with Crippen LogP contribution in [0.25, 0.3) is 0 Å². The highest BCUT2D eigenvalue weighted by atomic mass is 31.2. The maximum atomic E-state index is 13.4. The molecule has 0 saturated carbocycles. The van der Waals surface area contributed by atoms with Crippen molar-refractivity contribution >= 4 is 25.5 Å². The first-order valence-corrected chi connectivity index (χ1v) is 12.0. The fourth-order valence-corrected chi connectivity index (χ4v) is 5.08. The fraction of sp³-hybridized carbons (Fsp3) is 0.632. The number of nitrogens with one attached hydrogen (secondary N) is 2. The molecule has 0 bridgehead atoms. The highest BCUT2D eigenvalue weighted by Crippen LogP contribution is 2.40. The minimum atomic E-state index is -4.11. The van der Waals surface area contributed by atoms with Crippen LogP contribution in [0.3, 0.4) is 0 Å². The number of methoxy groups -OCH3 is 2. The first kappa shape index (κ1) is 27.9. The minimum absolute atomic E-state index is 0.277. The van der Waals surface area contributed by atoms with Crippen LogP contribution in [0.2, 0.25) is 0 Å². The van der Waals surface area contributed by atoms with Gasteiger partial charge in [-0.2, -0.15) is 0 Å². The van der Waals surface area contributed by atoms with Gasteiger partial charge in [0.2, 0.25) is 5.91 Å². The Morgan fingerprint density at radius 3 is 2.24 bits per heavy atom. The van der Waals surface area contributed by atoms with E-state index >= 15 is 0 Å². The van der Waals surface area contributed by atoms with Gasteiger partial charge in [-0.25, -0.2) is 10.2 Å². The molecule has 2 aliphatic heterocycles. The summed E-state index contributed by atoms with van der Waals surface area (Å²) in [6.07, 6.45) is -0.202. The monoisotopic (exact) mass is 506 g/mol. The third kappa shape index (κ3) is 6.85. The summed E-state index contributed by atoms with van der Waals surface area (Å²) >= 11 is 0. The van der Waals surface area contributed by atoms with Gasteiger partial charge in [-0.05, 0) is 20.3 Å². The smallest absolute Gasteiger partial charge is 0.342 e. The van der Waals surface area contributed by atoms with Crippen molar-refractivity contribution in [3.05, 3.63) is 24.0 Å². The molecular formula is C19H31N4O10P. The Balaban J connectivity index is 2.13. The molecule has 0 radical (unpaired) electrons. The van der Waals surface area contributed by atoms with Crippen LogP contribution in [-0.2, 0) is 37.7 Å². The fourth-order valence-electron chi connectivity index (χ4n) is 3.27. The molecule has 14 nitrogen and oxygen atoms in total. The van der Waals surface area contributed by atoms with Gasteiger partial charge < -0.3 is 39.6 Å². The summed E-state index contributed by atoms with van der Waals surface area (Å²) in [5, 5.41) is 25.8. The van der Waals surface area contributed by atoms with Gasteiger partial charge in [0, 0.05) is 18.0 Å². The van der Waals surface area contributed by atoms with Crippen molar-refractivity contribution in [1.29, 1.82) is 0 Å². The Morgan fingerprint density at radius 1 is 1.18 bits per heavy atom. The van der Waals surface area contributed by atoms with Crippen molar-refractivity contribution in [1.82, 2.24) is 15.1 Å². The van der Waals surface area contributed by atoms with Crippen molar-refractivity contribution in [3.8, 4) is 0 Å². The summed E-state index contributed by atoms with van der Waals surface area (Å²) in [6.45, 7) is 2.24. The van der Waals surface area contributed by atoms with Crippen LogP contribution in [0.5, 0.6) is 0 Å². The summed E-state index contributed by atoms with van der Waals surface area (Å²) in [6, 6.07) is -2.17. The predicted octanol–water partition coefficient (Wildman–Crippen LogP) is -1.55. The molecule has 34 heavy (non-hydrogen) atoms. The topological polar surface area (TPSA) is 199 Å². The standard InChI is InChI=1S/C19H31N4O10P/c1-10(18(27)30-3)21-34(29,22-11(2)19(28)31-4)32-9-13-14(24)15(25)17(33-13)23-7-5-6-12(8-23)16(20)26/h5,7-8,10-11,13-15,17,24-25H,6,9H2,1-4H3,(H2,20,26)(H2,21,22,29)/t10-,11-,13+,14+,15+,17+/m0/s1. The number of ether oxygens (including phenoxy) is 3. The number of carbonyl (C=O) groups is 3. The Bertz CT molecular complexity index is 853. The lowest BCUT2D eigenvalue weighted by Crippen LogP contribution is -2.43. The maximum absolute atomic E-state index is 13.4. The highest BCUT2D eigenvalue weighted by molar-refractivity contribution is 7.54. The zero-order valence-corrected chi connectivity index (χ0v) is 20.1. The van der Waals surface area contributed by atoms with E-state index in [-0.39, 0.29) is 5.57 Å². The molecule has 1 saturated heterocycles. The van der Waals surface area contributed by atoms with E-state index in [1.54, 1.807) is 12.3 Å². The summed E-state index contributed by atoms with van der Waals surface area (Å²) in [7, 11) is -1.82. The molecule has 192 valence electrons. The Hall–Kier alpha value is -2.32. The van der Waals surface area contributed by atoms with Crippen molar-refractivity contribution in [2.75, 3.05) is 20.8 Å². The lowest BCUT2D eigenvalue weighted by Gasteiger charge is -2.29. The quantitative estimate of drug-likeness (QED) is 0.159. The molecule has 2 aliphatic rings. The van der Waals surface area contributed by atoms with Gasteiger partial charge in [-0.15, -0.1) is 0 Å². The number of hydrogen-bond donors (Lipinski definition) is 5. The lowest BCUT2D eigenvalue weighted by molar-refractivity contribution is -0.142. The van der Waals surface area contributed by atoms with Crippen molar-refractivity contribution in [2.45, 2.75) is 56.9 Å². The molecule has 0 unspecified atom stereocenters. The molecule has 15 heteroatoms. The maximum Gasteiger partial charge on any atom is 0.342 e. The number of carbonyl (C=O) groups excluding carboxylic acids is 3. The van der Waals surface area contributed by atoms with Crippen LogP contribution in [-0.4, -0.2) is 90.4 Å². The molecule has 0 aromatic rings. The number of allylic oxidation sites excluding steroid dienone is 1. The summed E-state index contributed by atoms with van der Waals surface area (Å²) in [4.78, 5) is 36.4. The van der Waals surface area contributed by atoms with Gasteiger partial charge in [0.15, 0.2) is 6.23 Å². The van der Waals surface area contributed by atoms with E-state index in [1.807, 2.05) is 0 Å². The zero-order valence-electron chi connectivity index (χ0n) is 19.2. The molecule has 1 amide bonds. The zero-order chi connectivity index (χ0) is 25.6. The molecule has 0 aromatic heterocycles. The summed E-state index contributed by atoms with van der Waals surface area (Å²) in [5.41, 5.74) is 5.58. The largest absolute Gasteiger partial charge is 0.468 e. The number of rotatable bonds is 11. The minimum Gasteiger partial charge on any atom is -0.468 e. The van der Waals surface area contributed by atoms with Crippen molar-refractivity contribution in [2.24, 2.45) is 5.73 Å². The first-order chi connectivity index (χ1) is 15.9. The van der Waals surface area contributed by atoms with Gasteiger partial charge in [0.25, 0.3) is 0 Å². The Labute approximate surface area is 196 Å². The molecule has 0 aliphatic carbocycles. The Kier molecular flexibility index (Phi) is 9.76. The van der Waals surface area contributed by atoms with E-state index in [1.165, 1.54) is 24.9 Å². The van der Waals surface area contributed by atoms with Crippen LogP contribution in [0, 0.1) is 0 Å². The number of nitrogens with zero attached hydrogens (tertiary/aromatic N) is 1. The van der Waals surface area contributed by atoms with Gasteiger partial charge in [-0.1, -0.05) is 6.08 Å². The predicted molar refractivity (Wildman–Crippen MR) is 116 cm³/mol. The van der Waals surface area contributed by atoms with Crippen molar-refractivity contribution < 1.29 is 47.9 Å². The van der Waals surface area contributed by atoms with Gasteiger partial charge in [-0.3, -0.25) is 18.9 Å². The normalized spacial score (nSPS) is 26.5. The molecule has 0 aromatic carbocycles. The van der Waals surface area contributed by atoms with E-state index < -0.39 is 68.7 Å². The van der Waals surface area contributed by atoms with Crippen molar-refractivity contribution in [3.63, 3.8) is 0 Å².